The SMILES string of the molecule is O=C(Cn1cnc2ccc(Br)cc2c1=O)NCc1cccc(F)c1. The molecule has 0 aliphatic carbocycles. The molecule has 0 saturated carbocycles. The molecule has 0 aliphatic heterocycles. The van der Waals surface area contributed by atoms with Crippen molar-refractivity contribution in [2.24, 2.45) is 0 Å². The molecule has 0 radical (unpaired) electrons. The van der Waals surface area contributed by atoms with Crippen molar-refractivity contribution in [3.63, 3.8) is 0 Å². The summed E-state index contributed by atoms with van der Waals surface area (Å²) in [6.07, 6.45) is 1.35. The maximum Gasteiger partial charge on any atom is 0.261 e. The number of rotatable bonds is 4. The fourth-order valence-corrected chi connectivity index (χ4v) is 2.66. The first-order valence-electron chi connectivity index (χ1n) is 7.19. The van der Waals surface area contributed by atoms with Crippen LogP contribution in [0.1, 0.15) is 5.56 Å². The van der Waals surface area contributed by atoms with E-state index < -0.39 is 0 Å². The Balaban J connectivity index is 1.73. The van der Waals surface area contributed by atoms with Crippen molar-refractivity contribution in [1.82, 2.24) is 14.9 Å². The molecule has 0 saturated heterocycles. The van der Waals surface area contributed by atoms with Crippen LogP contribution < -0.4 is 10.9 Å². The average Bonchev–Trinajstić information content (AvgIpc) is 2.56. The van der Waals surface area contributed by atoms with Crippen LogP contribution in [0.4, 0.5) is 4.39 Å². The zero-order valence-corrected chi connectivity index (χ0v) is 14.1. The van der Waals surface area contributed by atoms with E-state index in [0.717, 1.165) is 4.47 Å². The summed E-state index contributed by atoms with van der Waals surface area (Å²) in [5, 5.41) is 3.09. The Morgan fingerprint density at radius 1 is 1.25 bits per heavy atom. The van der Waals surface area contributed by atoms with E-state index in [4.69, 9.17) is 0 Å². The van der Waals surface area contributed by atoms with Gasteiger partial charge >= 0.3 is 0 Å². The van der Waals surface area contributed by atoms with Crippen LogP contribution in [-0.2, 0) is 17.9 Å². The van der Waals surface area contributed by atoms with Crippen molar-refractivity contribution >= 4 is 32.7 Å². The summed E-state index contributed by atoms with van der Waals surface area (Å²) in [6.45, 7) is 0.0432. The molecule has 1 amide bonds. The third-order valence-corrected chi connectivity index (χ3v) is 3.97. The largest absolute Gasteiger partial charge is 0.350 e. The predicted octanol–water partition coefficient (Wildman–Crippen LogP) is 2.61. The van der Waals surface area contributed by atoms with E-state index in [9.17, 15) is 14.0 Å². The molecule has 1 heterocycles. The molecule has 0 aliphatic rings. The van der Waals surface area contributed by atoms with Crippen LogP contribution in [-0.4, -0.2) is 15.5 Å². The van der Waals surface area contributed by atoms with Gasteiger partial charge in [0.05, 0.1) is 17.2 Å². The first kappa shape index (κ1) is 16.3. The zero-order chi connectivity index (χ0) is 17.1. The normalized spacial score (nSPS) is 10.8. The molecule has 0 unspecified atom stereocenters. The van der Waals surface area contributed by atoms with Gasteiger partial charge in [-0.05, 0) is 35.9 Å². The second-order valence-corrected chi connectivity index (χ2v) is 6.16. The third-order valence-electron chi connectivity index (χ3n) is 3.48. The van der Waals surface area contributed by atoms with E-state index in [-0.39, 0.29) is 30.4 Å². The second-order valence-electron chi connectivity index (χ2n) is 5.25. The maximum absolute atomic E-state index is 13.1. The van der Waals surface area contributed by atoms with Crippen molar-refractivity contribution in [2.45, 2.75) is 13.1 Å². The lowest BCUT2D eigenvalue weighted by Crippen LogP contribution is -2.32. The van der Waals surface area contributed by atoms with Crippen molar-refractivity contribution in [1.29, 1.82) is 0 Å². The van der Waals surface area contributed by atoms with Gasteiger partial charge in [-0.3, -0.25) is 14.2 Å². The van der Waals surface area contributed by atoms with E-state index in [2.05, 4.69) is 26.2 Å². The molecular formula is C17H13BrFN3O2. The number of nitrogens with zero attached hydrogens (tertiary/aromatic N) is 2. The molecule has 24 heavy (non-hydrogen) atoms. The Morgan fingerprint density at radius 2 is 2.08 bits per heavy atom. The second kappa shape index (κ2) is 6.92. The average molecular weight is 390 g/mol. The van der Waals surface area contributed by atoms with E-state index in [1.165, 1.54) is 23.0 Å². The maximum atomic E-state index is 13.1. The smallest absolute Gasteiger partial charge is 0.261 e. The standard InChI is InChI=1S/C17H13BrFN3O2/c18-12-4-5-15-14(7-12)17(24)22(10-21-15)9-16(23)20-8-11-2-1-3-13(19)6-11/h1-7,10H,8-9H2,(H,20,23). The minimum atomic E-state index is -0.359. The van der Waals surface area contributed by atoms with Gasteiger partial charge in [0.15, 0.2) is 0 Å². The lowest BCUT2D eigenvalue weighted by Gasteiger charge is -2.08. The highest BCUT2D eigenvalue weighted by atomic mass is 79.9. The van der Waals surface area contributed by atoms with E-state index in [1.54, 1.807) is 30.3 Å². The van der Waals surface area contributed by atoms with Crippen molar-refractivity contribution in [2.75, 3.05) is 0 Å². The van der Waals surface area contributed by atoms with Crippen molar-refractivity contribution in [3.8, 4) is 0 Å². The number of aromatic nitrogens is 2. The molecule has 0 bridgehead atoms. The molecule has 1 N–H and O–H groups in total. The number of carbonyl (C=O) groups is 1. The molecule has 2 aromatic carbocycles. The molecule has 5 nitrogen and oxygen atoms in total. The summed E-state index contributed by atoms with van der Waals surface area (Å²) in [7, 11) is 0. The Bertz CT molecular complexity index is 971. The number of carbonyl (C=O) groups excluding carboxylic acids is 1. The van der Waals surface area contributed by atoms with Gasteiger partial charge in [0.2, 0.25) is 5.91 Å². The Kier molecular flexibility index (Phi) is 4.71. The molecule has 122 valence electrons. The summed E-state index contributed by atoms with van der Waals surface area (Å²) < 4.78 is 15.1. The number of benzene rings is 2. The van der Waals surface area contributed by atoms with Gasteiger partial charge in [0.1, 0.15) is 12.4 Å². The highest BCUT2D eigenvalue weighted by Crippen LogP contribution is 2.14. The third kappa shape index (κ3) is 3.68. The van der Waals surface area contributed by atoms with Crippen LogP contribution in [0.25, 0.3) is 10.9 Å². The van der Waals surface area contributed by atoms with Gasteiger partial charge in [-0.1, -0.05) is 28.1 Å². The number of fused-ring (bicyclic) bond motifs is 1. The summed E-state index contributed by atoms with van der Waals surface area (Å²) in [5.74, 6) is -0.709. The van der Waals surface area contributed by atoms with Crippen molar-refractivity contribution in [3.05, 3.63) is 75.0 Å². The van der Waals surface area contributed by atoms with Crippen LogP contribution in [0.15, 0.2) is 58.1 Å². The molecule has 7 heteroatoms. The van der Waals surface area contributed by atoms with Crippen molar-refractivity contribution < 1.29 is 9.18 Å². The van der Waals surface area contributed by atoms with E-state index >= 15 is 0 Å². The van der Waals surface area contributed by atoms with E-state index in [0.29, 0.717) is 16.5 Å². The summed E-state index contributed by atoms with van der Waals surface area (Å²) in [5.41, 5.74) is 0.929. The van der Waals surface area contributed by atoms with Crippen LogP contribution in [0.3, 0.4) is 0 Å². The lowest BCUT2D eigenvalue weighted by atomic mass is 10.2. The Hall–Kier alpha value is -2.54. The molecule has 1 aromatic heterocycles. The van der Waals surface area contributed by atoms with Gasteiger partial charge < -0.3 is 5.32 Å². The first-order chi connectivity index (χ1) is 11.5. The number of hydrogen-bond donors (Lipinski definition) is 1. The van der Waals surface area contributed by atoms with Gasteiger partial charge in [0.25, 0.3) is 5.56 Å². The van der Waals surface area contributed by atoms with Crippen LogP contribution >= 0.6 is 15.9 Å². The summed E-state index contributed by atoms with van der Waals surface area (Å²) in [6, 6.07) is 11.2. The summed E-state index contributed by atoms with van der Waals surface area (Å²) in [4.78, 5) is 28.6. The van der Waals surface area contributed by atoms with Gasteiger partial charge in [-0.2, -0.15) is 0 Å². The molecule has 3 aromatic rings. The van der Waals surface area contributed by atoms with Gasteiger partial charge in [0, 0.05) is 11.0 Å². The van der Waals surface area contributed by atoms with Crippen LogP contribution in [0.5, 0.6) is 0 Å². The van der Waals surface area contributed by atoms with Gasteiger partial charge in [-0.25, -0.2) is 9.37 Å². The minimum Gasteiger partial charge on any atom is -0.350 e. The fourth-order valence-electron chi connectivity index (χ4n) is 2.30. The fraction of sp³-hybridized carbons (Fsp3) is 0.118. The number of hydrogen-bond acceptors (Lipinski definition) is 3. The highest BCUT2D eigenvalue weighted by molar-refractivity contribution is 9.10. The lowest BCUT2D eigenvalue weighted by molar-refractivity contribution is -0.121. The first-order valence-corrected chi connectivity index (χ1v) is 7.98. The summed E-state index contributed by atoms with van der Waals surface area (Å²) >= 11 is 3.31. The highest BCUT2D eigenvalue weighted by Gasteiger charge is 2.08. The Labute approximate surface area is 145 Å². The molecular weight excluding hydrogens is 377 g/mol. The van der Waals surface area contributed by atoms with Gasteiger partial charge in [-0.15, -0.1) is 0 Å². The molecule has 0 fully saturated rings. The van der Waals surface area contributed by atoms with E-state index in [1.807, 2.05) is 0 Å². The zero-order valence-electron chi connectivity index (χ0n) is 12.5. The Morgan fingerprint density at radius 3 is 2.88 bits per heavy atom. The number of nitrogens with one attached hydrogen (secondary N) is 1. The quantitative estimate of drug-likeness (QED) is 0.745. The minimum absolute atomic E-state index is 0.149. The van der Waals surface area contributed by atoms with Crippen LogP contribution in [0, 0.1) is 5.82 Å². The molecule has 3 rings (SSSR count). The number of amides is 1. The topological polar surface area (TPSA) is 64.0 Å². The predicted molar refractivity (Wildman–Crippen MR) is 91.9 cm³/mol. The molecule has 0 spiro atoms. The number of halogens is 2. The monoisotopic (exact) mass is 389 g/mol. The van der Waals surface area contributed by atoms with Crippen LogP contribution in [0.2, 0.25) is 0 Å². The molecule has 0 atom stereocenters.